The van der Waals surface area contributed by atoms with Crippen molar-refractivity contribution < 1.29 is 9.64 Å². The molecule has 0 radical (unpaired) electrons. The first-order valence-electron chi connectivity index (χ1n) is 8.88. The molecule has 0 saturated carbocycles. The zero-order valence-electron chi connectivity index (χ0n) is 14.7. The van der Waals surface area contributed by atoms with E-state index in [9.17, 15) is 10.4 Å². The third kappa shape index (κ3) is 3.13. The molecule has 26 heavy (non-hydrogen) atoms. The van der Waals surface area contributed by atoms with Crippen molar-refractivity contribution in [1.82, 2.24) is 15.5 Å². The van der Waals surface area contributed by atoms with Crippen LogP contribution < -0.4 is 10.6 Å². The number of rotatable bonds is 0. The van der Waals surface area contributed by atoms with Gasteiger partial charge < -0.3 is 30.7 Å². The van der Waals surface area contributed by atoms with Gasteiger partial charge in [-0.15, -0.1) is 0 Å². The zero-order valence-corrected chi connectivity index (χ0v) is 14.7. The maximum Gasteiger partial charge on any atom is 0.222 e. The Labute approximate surface area is 152 Å². The Morgan fingerprint density at radius 2 is 2.08 bits per heavy atom. The molecule has 0 bridgehead atoms. The molecule has 1 saturated heterocycles. The molecule has 1 atom stereocenters. The molecule has 0 unspecified atom stereocenters. The molecule has 8 nitrogen and oxygen atoms in total. The van der Waals surface area contributed by atoms with Gasteiger partial charge in [0.05, 0.1) is 19.3 Å². The van der Waals surface area contributed by atoms with Gasteiger partial charge in [0.25, 0.3) is 0 Å². The van der Waals surface area contributed by atoms with E-state index < -0.39 is 4.90 Å². The topological polar surface area (TPSA) is 98.0 Å². The van der Waals surface area contributed by atoms with E-state index in [0.29, 0.717) is 13.2 Å². The van der Waals surface area contributed by atoms with Crippen LogP contribution in [-0.4, -0.2) is 60.2 Å². The average molecular weight is 356 g/mol. The normalized spacial score (nSPS) is 25.9. The molecular formula is C18H22N5O3-. The van der Waals surface area contributed by atoms with Crippen LogP contribution in [0.15, 0.2) is 52.0 Å². The summed E-state index contributed by atoms with van der Waals surface area (Å²) in [6, 6.07) is 0.266. The van der Waals surface area contributed by atoms with E-state index in [-0.39, 0.29) is 11.8 Å². The number of nitrogens with one attached hydrogen (secondary N) is 2. The molecule has 0 amide bonds. The molecule has 1 aliphatic carbocycles. The largest absolute Gasteiger partial charge is 0.612 e. The summed E-state index contributed by atoms with van der Waals surface area (Å²) < 4.78 is 5.57. The van der Waals surface area contributed by atoms with Crippen molar-refractivity contribution in [3.63, 3.8) is 0 Å². The second-order valence-corrected chi connectivity index (χ2v) is 6.71. The minimum absolute atomic E-state index is 0.0791. The Morgan fingerprint density at radius 1 is 1.27 bits per heavy atom. The third-order valence-corrected chi connectivity index (χ3v) is 4.97. The van der Waals surface area contributed by atoms with Gasteiger partial charge >= 0.3 is 0 Å². The third-order valence-electron chi connectivity index (χ3n) is 4.97. The van der Waals surface area contributed by atoms with Gasteiger partial charge in [0.15, 0.2) is 0 Å². The van der Waals surface area contributed by atoms with Gasteiger partial charge in [-0.1, -0.05) is 0 Å². The summed E-state index contributed by atoms with van der Waals surface area (Å²) in [6.07, 6.45) is 7.44. The number of hydrogen-bond donors (Lipinski definition) is 2. The Balaban J connectivity index is 1.73. The van der Waals surface area contributed by atoms with Crippen LogP contribution in [0.25, 0.3) is 0 Å². The Bertz CT molecular complexity index is 769. The molecule has 3 heterocycles. The molecule has 138 valence electrons. The first kappa shape index (κ1) is 16.9. The summed E-state index contributed by atoms with van der Waals surface area (Å²) in [6.45, 7) is 6.06. The molecule has 3 aliphatic heterocycles. The molecule has 8 heteroatoms. The molecular weight excluding hydrogens is 334 g/mol. The van der Waals surface area contributed by atoms with Crippen LogP contribution in [0.5, 0.6) is 0 Å². The maximum absolute atomic E-state index is 10.9. The molecule has 0 spiro atoms. The highest BCUT2D eigenvalue weighted by atomic mass is 16.8. The Hall–Kier alpha value is -2.58. The second-order valence-electron chi connectivity index (χ2n) is 6.71. The van der Waals surface area contributed by atoms with Crippen molar-refractivity contribution in [2.45, 2.75) is 19.4 Å². The summed E-state index contributed by atoms with van der Waals surface area (Å²) in [5.41, 5.74) is 3.30. The number of hydrogen-bond acceptors (Lipinski definition) is 7. The SMILES string of the molecule is C[C@H]1COCCN1C1=NC(=C2C=CC(=[N+]([O-])[O-])C=C2)NC2=C1CCNC2. The number of ether oxygens (including phenoxy) is 1. The average Bonchev–Trinajstić information content (AvgIpc) is 2.68. The van der Waals surface area contributed by atoms with Crippen molar-refractivity contribution >= 4 is 11.5 Å². The maximum atomic E-state index is 10.9. The lowest BCUT2D eigenvalue weighted by molar-refractivity contribution is -0.377. The fourth-order valence-electron chi connectivity index (χ4n) is 3.55. The van der Waals surface area contributed by atoms with Gasteiger partial charge in [0.1, 0.15) is 11.7 Å². The Kier molecular flexibility index (Phi) is 4.52. The summed E-state index contributed by atoms with van der Waals surface area (Å²) in [5, 5.41) is 28.6. The predicted molar refractivity (Wildman–Crippen MR) is 99.4 cm³/mol. The highest BCUT2D eigenvalue weighted by molar-refractivity contribution is 6.03. The lowest BCUT2D eigenvalue weighted by atomic mass is 10.0. The van der Waals surface area contributed by atoms with E-state index >= 15 is 0 Å². The number of amidine groups is 1. The summed E-state index contributed by atoms with van der Waals surface area (Å²) in [4.78, 5) is 6.85. The van der Waals surface area contributed by atoms with Crippen molar-refractivity contribution in [3.05, 3.63) is 57.4 Å². The van der Waals surface area contributed by atoms with Crippen LogP contribution in [0.2, 0.25) is 0 Å². The summed E-state index contributed by atoms with van der Waals surface area (Å²) in [7, 11) is 0. The van der Waals surface area contributed by atoms with Crippen LogP contribution >= 0.6 is 0 Å². The van der Waals surface area contributed by atoms with Crippen molar-refractivity contribution in [1.29, 1.82) is 0 Å². The standard InChI is InChI=1S/C18H22N5O3/c1-12-11-26-9-8-22(12)18-15-6-7-19-10-16(15)20-17(21-18)13-2-4-14(5-3-13)23(24)25/h2-5,12,19-20H,6-11H2,1H3/q-1/t12-/m0/s1. The van der Waals surface area contributed by atoms with Gasteiger partial charge in [0, 0.05) is 42.1 Å². The monoisotopic (exact) mass is 356 g/mol. The second kappa shape index (κ2) is 6.97. The van der Waals surface area contributed by atoms with E-state index in [2.05, 4.69) is 22.5 Å². The molecule has 0 aromatic heterocycles. The fraction of sp³-hybridized carbons (Fsp3) is 0.444. The van der Waals surface area contributed by atoms with Crippen LogP contribution in [0, 0.1) is 10.4 Å². The molecule has 4 aliphatic rings. The number of nitrogens with zero attached hydrogens (tertiary/aromatic N) is 3. The highest BCUT2D eigenvalue weighted by Gasteiger charge is 2.30. The van der Waals surface area contributed by atoms with E-state index in [4.69, 9.17) is 9.73 Å². The van der Waals surface area contributed by atoms with E-state index in [1.807, 2.05) is 0 Å². The van der Waals surface area contributed by atoms with E-state index in [0.717, 1.165) is 49.0 Å². The van der Waals surface area contributed by atoms with Gasteiger partial charge in [-0.25, -0.2) is 4.99 Å². The number of aliphatic imine (C=N–C) groups is 1. The molecule has 4 rings (SSSR count). The van der Waals surface area contributed by atoms with Gasteiger partial charge in [-0.05, 0) is 32.0 Å². The van der Waals surface area contributed by atoms with E-state index in [1.54, 1.807) is 12.2 Å². The summed E-state index contributed by atoms with van der Waals surface area (Å²) >= 11 is 0. The minimum atomic E-state index is -0.390. The van der Waals surface area contributed by atoms with Gasteiger partial charge in [-0.3, -0.25) is 0 Å². The van der Waals surface area contributed by atoms with Crippen LogP contribution in [0.3, 0.4) is 0 Å². The van der Waals surface area contributed by atoms with Crippen LogP contribution in [0.4, 0.5) is 0 Å². The van der Waals surface area contributed by atoms with Gasteiger partial charge in [-0.2, -0.15) is 4.90 Å². The molecule has 2 N–H and O–H groups in total. The molecule has 1 fully saturated rings. The minimum Gasteiger partial charge on any atom is -0.612 e. The van der Waals surface area contributed by atoms with Crippen LogP contribution in [0.1, 0.15) is 13.3 Å². The molecule has 0 aromatic rings. The lowest BCUT2D eigenvalue weighted by Gasteiger charge is -2.40. The Morgan fingerprint density at radius 3 is 2.81 bits per heavy atom. The van der Waals surface area contributed by atoms with Crippen molar-refractivity contribution in [2.24, 2.45) is 4.99 Å². The van der Waals surface area contributed by atoms with Gasteiger partial charge in [0.2, 0.25) is 5.71 Å². The highest BCUT2D eigenvalue weighted by Crippen LogP contribution is 2.26. The van der Waals surface area contributed by atoms with Crippen molar-refractivity contribution in [3.8, 4) is 0 Å². The fourth-order valence-corrected chi connectivity index (χ4v) is 3.55. The smallest absolute Gasteiger partial charge is 0.222 e. The van der Waals surface area contributed by atoms with Crippen molar-refractivity contribution in [2.75, 3.05) is 32.8 Å². The first-order valence-corrected chi connectivity index (χ1v) is 8.88. The lowest BCUT2D eigenvalue weighted by Crippen LogP contribution is -2.50. The zero-order chi connectivity index (χ0) is 18.1. The van der Waals surface area contributed by atoms with Crippen LogP contribution in [-0.2, 0) is 4.74 Å². The number of allylic oxidation sites excluding steroid dienone is 5. The summed E-state index contributed by atoms with van der Waals surface area (Å²) in [5.74, 6) is 1.74. The predicted octanol–water partition coefficient (Wildman–Crippen LogP) is 0.743. The molecule has 0 aromatic carbocycles. The number of morpholine rings is 1. The van der Waals surface area contributed by atoms with E-state index in [1.165, 1.54) is 17.7 Å². The first-order chi connectivity index (χ1) is 12.6. The quantitative estimate of drug-likeness (QED) is 0.491.